The van der Waals surface area contributed by atoms with Crippen molar-refractivity contribution in [1.29, 1.82) is 0 Å². The first-order valence-electron chi connectivity index (χ1n) is 13.4. The predicted molar refractivity (Wildman–Crippen MR) is 153 cm³/mol. The quantitative estimate of drug-likeness (QED) is 0.304. The molecule has 41 heavy (non-hydrogen) atoms. The molecule has 3 N–H and O–H groups in total. The van der Waals surface area contributed by atoms with E-state index in [1.54, 1.807) is 32.6 Å². The van der Waals surface area contributed by atoms with Gasteiger partial charge in [-0.2, -0.15) is 0 Å². The van der Waals surface area contributed by atoms with Gasteiger partial charge in [0.15, 0.2) is 11.6 Å². The number of likely N-dealkylation sites (N-methyl/N-ethyl adjacent to an activating group) is 1. The van der Waals surface area contributed by atoms with Gasteiger partial charge >= 0.3 is 5.97 Å². The maximum Gasteiger partial charge on any atom is 0.341 e. The minimum Gasteiger partial charge on any atom is -0.477 e. The van der Waals surface area contributed by atoms with Crippen molar-refractivity contribution in [2.45, 2.75) is 12.5 Å². The van der Waals surface area contributed by atoms with Gasteiger partial charge in [-0.05, 0) is 25.5 Å². The van der Waals surface area contributed by atoms with Crippen LogP contribution in [-0.4, -0.2) is 75.3 Å². The predicted octanol–water partition coefficient (Wildman–Crippen LogP) is 3.79. The van der Waals surface area contributed by atoms with E-state index in [9.17, 15) is 19.1 Å². The topological polar surface area (TPSA) is 119 Å². The Morgan fingerprint density at radius 2 is 1.95 bits per heavy atom. The fraction of sp³-hybridized carbons (Fsp3) is 0.310. The van der Waals surface area contributed by atoms with Gasteiger partial charge in [-0.25, -0.2) is 23.5 Å². The molecule has 10 nitrogen and oxygen atoms in total. The largest absolute Gasteiger partial charge is 0.477 e. The number of anilines is 2. The molecule has 0 bridgehead atoms. The first-order valence-corrected chi connectivity index (χ1v) is 13.4. The molecule has 2 aliphatic rings. The number of carboxylic acids is 1. The second-order valence-corrected chi connectivity index (χ2v) is 11.0. The highest BCUT2D eigenvalue weighted by Crippen LogP contribution is 2.46. The molecule has 0 spiro atoms. The third-order valence-corrected chi connectivity index (χ3v) is 8.61. The van der Waals surface area contributed by atoms with Crippen LogP contribution in [0, 0.1) is 17.6 Å². The standard InChI is InChI=1S/C29H27F2N7O3/c1-32-19-7-18(30)23(31)21-22-25(38-5-4-13-10-36(2)12-20(13)38)16(9-33-27(22)35-24(19)21)14-6-15-26(39)17(29(40)41)11-37(3)28(15)34-8-14/h6-9,11,13,20,32H,4-5,10,12H2,1-3H3,(H,33,35)(H,40,41). The zero-order chi connectivity index (χ0) is 28.7. The van der Waals surface area contributed by atoms with Crippen LogP contribution in [0.2, 0.25) is 0 Å². The third kappa shape index (κ3) is 3.63. The van der Waals surface area contributed by atoms with Crippen LogP contribution >= 0.6 is 0 Å². The van der Waals surface area contributed by atoms with E-state index in [-0.39, 0.29) is 22.4 Å². The summed E-state index contributed by atoms with van der Waals surface area (Å²) in [5.41, 5.74) is 2.35. The number of likely N-dealkylation sites (tertiary alicyclic amines) is 1. The number of carboxylic acid groups (broad SMARTS) is 1. The second-order valence-electron chi connectivity index (χ2n) is 11.0. The van der Waals surface area contributed by atoms with E-state index in [1.807, 2.05) is 0 Å². The van der Waals surface area contributed by atoms with Crippen LogP contribution in [0.4, 0.5) is 20.2 Å². The number of hydrogen-bond acceptors (Lipinski definition) is 7. The lowest BCUT2D eigenvalue weighted by Gasteiger charge is -2.29. The molecular weight excluding hydrogens is 532 g/mol. The number of hydrogen-bond donors (Lipinski definition) is 3. The maximum absolute atomic E-state index is 15.6. The van der Waals surface area contributed by atoms with Crippen LogP contribution < -0.4 is 15.6 Å². The zero-order valence-corrected chi connectivity index (χ0v) is 22.6. The number of H-pyrrole nitrogens is 1. The summed E-state index contributed by atoms with van der Waals surface area (Å²) in [5, 5.41) is 13.2. The highest BCUT2D eigenvalue weighted by atomic mass is 19.2. The summed E-state index contributed by atoms with van der Waals surface area (Å²) >= 11 is 0. The first-order chi connectivity index (χ1) is 19.7. The Kier molecular flexibility index (Phi) is 5.55. The number of aromatic carboxylic acids is 1. The van der Waals surface area contributed by atoms with Gasteiger partial charge in [0, 0.05) is 75.6 Å². The third-order valence-electron chi connectivity index (χ3n) is 8.61. The molecule has 5 aromatic rings. The van der Waals surface area contributed by atoms with Crippen LogP contribution in [0.25, 0.3) is 44.1 Å². The number of pyridine rings is 3. The molecule has 0 saturated carbocycles. The molecule has 2 fully saturated rings. The van der Waals surface area contributed by atoms with Crippen LogP contribution in [0.5, 0.6) is 0 Å². The summed E-state index contributed by atoms with van der Waals surface area (Å²) in [6.07, 6.45) is 5.45. The average Bonchev–Trinajstić information content (AvgIpc) is 3.64. The van der Waals surface area contributed by atoms with Gasteiger partial charge < -0.3 is 29.8 Å². The van der Waals surface area contributed by atoms with Gasteiger partial charge in [-0.15, -0.1) is 0 Å². The number of rotatable bonds is 4. The average molecular weight is 560 g/mol. The summed E-state index contributed by atoms with van der Waals surface area (Å²) < 4.78 is 32.0. The first kappa shape index (κ1) is 25.4. The van der Waals surface area contributed by atoms with E-state index in [2.05, 4.69) is 37.1 Å². The van der Waals surface area contributed by atoms with E-state index >= 15 is 4.39 Å². The number of benzene rings is 1. The Morgan fingerprint density at radius 1 is 1.15 bits per heavy atom. The van der Waals surface area contributed by atoms with E-state index in [4.69, 9.17) is 0 Å². The SMILES string of the molecule is CNc1cc(F)c(F)c2c1[nH]c1ncc(-c3cnc4c(c3)c(=O)c(C(=O)O)cn4C)c(N3CCC4CN(C)CC43)c12. The van der Waals surface area contributed by atoms with Crippen molar-refractivity contribution in [2.75, 3.05) is 43.9 Å². The monoisotopic (exact) mass is 559 g/mol. The Bertz CT molecular complexity index is 1990. The number of nitrogens with one attached hydrogen (secondary N) is 2. The van der Waals surface area contributed by atoms with Crippen LogP contribution in [0.1, 0.15) is 16.8 Å². The zero-order valence-electron chi connectivity index (χ0n) is 22.6. The van der Waals surface area contributed by atoms with Crippen molar-refractivity contribution in [3.05, 3.63) is 58.1 Å². The van der Waals surface area contributed by atoms with Crippen molar-refractivity contribution in [3.8, 4) is 11.1 Å². The normalized spacial score (nSPS) is 19.1. The molecule has 12 heteroatoms. The maximum atomic E-state index is 15.6. The number of nitrogens with zero attached hydrogens (tertiary/aromatic N) is 5. The lowest BCUT2D eigenvalue weighted by Crippen LogP contribution is -2.35. The van der Waals surface area contributed by atoms with Crippen molar-refractivity contribution >= 4 is 50.3 Å². The van der Waals surface area contributed by atoms with Gasteiger partial charge in [0.2, 0.25) is 5.43 Å². The Balaban J connectivity index is 1.57. The molecule has 2 aliphatic heterocycles. The van der Waals surface area contributed by atoms with Crippen LogP contribution in [-0.2, 0) is 7.05 Å². The molecule has 7 rings (SSSR count). The van der Waals surface area contributed by atoms with Gasteiger partial charge in [0.1, 0.15) is 16.9 Å². The van der Waals surface area contributed by atoms with Crippen molar-refractivity contribution in [3.63, 3.8) is 0 Å². The number of carbonyl (C=O) groups is 1. The lowest BCUT2D eigenvalue weighted by molar-refractivity contribution is 0.0695. The molecule has 2 saturated heterocycles. The summed E-state index contributed by atoms with van der Waals surface area (Å²) in [5.74, 6) is -2.86. The molecule has 2 unspecified atom stereocenters. The fourth-order valence-corrected chi connectivity index (χ4v) is 6.76. The Hall–Kier alpha value is -4.58. The molecule has 210 valence electrons. The lowest BCUT2D eigenvalue weighted by atomic mass is 9.99. The van der Waals surface area contributed by atoms with E-state index < -0.39 is 23.0 Å². The van der Waals surface area contributed by atoms with E-state index in [0.29, 0.717) is 57.2 Å². The highest BCUT2D eigenvalue weighted by molar-refractivity contribution is 6.18. The number of aromatic amines is 1. The Labute approximate surface area is 232 Å². The number of fused-ring (bicyclic) bond motifs is 5. The van der Waals surface area contributed by atoms with E-state index in [0.717, 1.165) is 25.6 Å². The molecular formula is C29H27F2N7O3. The van der Waals surface area contributed by atoms with Gasteiger partial charge in [0.25, 0.3) is 0 Å². The Morgan fingerprint density at radius 3 is 2.71 bits per heavy atom. The fourth-order valence-electron chi connectivity index (χ4n) is 6.76. The summed E-state index contributed by atoms with van der Waals surface area (Å²) in [6, 6.07) is 2.88. The van der Waals surface area contributed by atoms with Crippen molar-refractivity contribution < 1.29 is 18.7 Å². The molecule has 0 aliphatic carbocycles. The minimum absolute atomic E-state index is 0.0985. The summed E-state index contributed by atoms with van der Waals surface area (Å²) in [6.45, 7) is 2.47. The highest BCUT2D eigenvalue weighted by Gasteiger charge is 2.42. The molecule has 1 aromatic carbocycles. The molecule has 0 radical (unpaired) electrons. The van der Waals surface area contributed by atoms with Gasteiger partial charge in [-0.3, -0.25) is 4.79 Å². The molecule has 2 atom stereocenters. The van der Waals surface area contributed by atoms with E-state index in [1.165, 1.54) is 10.8 Å². The summed E-state index contributed by atoms with van der Waals surface area (Å²) in [4.78, 5) is 41.8. The molecule has 4 aromatic heterocycles. The van der Waals surface area contributed by atoms with Crippen molar-refractivity contribution in [2.24, 2.45) is 13.0 Å². The minimum atomic E-state index is -1.33. The second kappa shape index (κ2) is 8.96. The smallest absolute Gasteiger partial charge is 0.341 e. The van der Waals surface area contributed by atoms with Crippen LogP contribution in [0.15, 0.2) is 35.5 Å². The van der Waals surface area contributed by atoms with Crippen molar-refractivity contribution in [1.82, 2.24) is 24.4 Å². The van der Waals surface area contributed by atoms with Gasteiger partial charge in [-0.1, -0.05) is 0 Å². The number of aromatic nitrogens is 4. The molecule has 6 heterocycles. The molecule has 0 amide bonds. The number of halogens is 2. The van der Waals surface area contributed by atoms with Crippen LogP contribution in [0.3, 0.4) is 0 Å². The summed E-state index contributed by atoms with van der Waals surface area (Å²) in [7, 11) is 5.34. The number of aryl methyl sites for hydroxylation is 1. The van der Waals surface area contributed by atoms with Gasteiger partial charge in [0.05, 0.1) is 33.1 Å².